The molecule has 0 N–H and O–H groups in total. The first-order chi connectivity index (χ1) is 8.75. The standard InChI is InChI=1S/C14H19N3O/c1-10-12-7-13(18)17(14(12)16-9-15-10)8-11-5-3-2-4-6-11/h9,11H,2-8H2,1H3. The molecule has 0 atom stereocenters. The molecule has 3 rings (SSSR count). The van der Waals surface area contributed by atoms with E-state index in [2.05, 4.69) is 9.97 Å². The smallest absolute Gasteiger partial charge is 0.232 e. The highest BCUT2D eigenvalue weighted by Crippen LogP contribution is 2.31. The highest BCUT2D eigenvalue weighted by molar-refractivity contribution is 6.00. The summed E-state index contributed by atoms with van der Waals surface area (Å²) in [6.07, 6.45) is 8.52. The molecule has 1 aromatic rings. The van der Waals surface area contributed by atoms with Crippen LogP contribution in [0, 0.1) is 12.8 Å². The van der Waals surface area contributed by atoms with Gasteiger partial charge >= 0.3 is 0 Å². The Morgan fingerprint density at radius 1 is 1.28 bits per heavy atom. The number of rotatable bonds is 2. The van der Waals surface area contributed by atoms with Gasteiger partial charge in [-0.1, -0.05) is 19.3 Å². The van der Waals surface area contributed by atoms with E-state index in [9.17, 15) is 4.79 Å². The largest absolute Gasteiger partial charge is 0.296 e. The van der Waals surface area contributed by atoms with Crippen LogP contribution in [0.1, 0.15) is 43.4 Å². The fourth-order valence-electron chi connectivity index (χ4n) is 3.11. The molecule has 96 valence electrons. The van der Waals surface area contributed by atoms with Gasteiger partial charge in [-0.15, -0.1) is 0 Å². The molecule has 1 fully saturated rings. The normalized spacial score (nSPS) is 20.3. The van der Waals surface area contributed by atoms with Crippen molar-refractivity contribution in [1.29, 1.82) is 0 Å². The van der Waals surface area contributed by atoms with Gasteiger partial charge in [0.2, 0.25) is 5.91 Å². The molecule has 18 heavy (non-hydrogen) atoms. The van der Waals surface area contributed by atoms with Gasteiger partial charge in [-0.25, -0.2) is 9.97 Å². The lowest BCUT2D eigenvalue weighted by Gasteiger charge is -2.26. The van der Waals surface area contributed by atoms with Gasteiger partial charge in [0.1, 0.15) is 12.1 Å². The Morgan fingerprint density at radius 3 is 2.83 bits per heavy atom. The number of aromatic nitrogens is 2. The Morgan fingerprint density at radius 2 is 2.06 bits per heavy atom. The predicted molar refractivity (Wildman–Crippen MR) is 69.4 cm³/mol. The van der Waals surface area contributed by atoms with Crippen molar-refractivity contribution in [3.8, 4) is 0 Å². The maximum absolute atomic E-state index is 12.1. The number of amides is 1. The topological polar surface area (TPSA) is 46.1 Å². The third kappa shape index (κ3) is 2.00. The molecule has 0 saturated heterocycles. The quantitative estimate of drug-likeness (QED) is 0.803. The van der Waals surface area contributed by atoms with E-state index >= 15 is 0 Å². The van der Waals surface area contributed by atoms with Gasteiger partial charge in [-0.2, -0.15) is 0 Å². The summed E-state index contributed by atoms with van der Waals surface area (Å²) in [5.74, 6) is 1.71. The average Bonchev–Trinajstić information content (AvgIpc) is 2.70. The molecule has 0 bridgehead atoms. The van der Waals surface area contributed by atoms with Gasteiger partial charge in [-0.3, -0.25) is 9.69 Å². The maximum atomic E-state index is 12.1. The van der Waals surface area contributed by atoms with Crippen LogP contribution in [0.5, 0.6) is 0 Å². The fraction of sp³-hybridized carbons (Fsp3) is 0.643. The van der Waals surface area contributed by atoms with Gasteiger partial charge in [-0.05, 0) is 25.7 Å². The van der Waals surface area contributed by atoms with E-state index in [-0.39, 0.29) is 5.91 Å². The summed E-state index contributed by atoms with van der Waals surface area (Å²) in [6, 6.07) is 0. The molecule has 1 aliphatic carbocycles. The average molecular weight is 245 g/mol. The highest BCUT2D eigenvalue weighted by atomic mass is 16.2. The SMILES string of the molecule is Cc1ncnc2c1CC(=O)N2CC1CCCCC1. The van der Waals surface area contributed by atoms with Crippen LogP contribution in [0.4, 0.5) is 5.82 Å². The minimum Gasteiger partial charge on any atom is -0.296 e. The molecular weight excluding hydrogens is 226 g/mol. The van der Waals surface area contributed by atoms with Crippen molar-refractivity contribution in [2.75, 3.05) is 11.4 Å². The predicted octanol–water partition coefficient (Wildman–Crippen LogP) is 2.25. The van der Waals surface area contributed by atoms with Gasteiger partial charge in [0.05, 0.1) is 6.42 Å². The Bertz CT molecular complexity index is 466. The number of aryl methyl sites for hydroxylation is 1. The van der Waals surface area contributed by atoms with Gasteiger partial charge in [0.25, 0.3) is 0 Å². The van der Waals surface area contributed by atoms with E-state index in [0.29, 0.717) is 12.3 Å². The van der Waals surface area contributed by atoms with E-state index in [4.69, 9.17) is 0 Å². The third-order valence-electron chi connectivity index (χ3n) is 4.19. The number of hydrogen-bond acceptors (Lipinski definition) is 3. The zero-order chi connectivity index (χ0) is 12.5. The zero-order valence-electron chi connectivity index (χ0n) is 10.9. The van der Waals surface area contributed by atoms with Crippen LogP contribution < -0.4 is 4.90 Å². The second-order valence-electron chi connectivity index (χ2n) is 5.45. The Balaban J connectivity index is 1.81. The van der Waals surface area contributed by atoms with Crippen LogP contribution in [0.25, 0.3) is 0 Å². The third-order valence-corrected chi connectivity index (χ3v) is 4.19. The van der Waals surface area contributed by atoms with E-state index in [1.165, 1.54) is 32.1 Å². The Kier molecular flexibility index (Phi) is 3.02. The Labute approximate surface area is 107 Å². The lowest BCUT2D eigenvalue weighted by molar-refractivity contribution is -0.117. The van der Waals surface area contributed by atoms with Gasteiger partial charge in [0.15, 0.2) is 0 Å². The van der Waals surface area contributed by atoms with Gasteiger partial charge in [0, 0.05) is 17.8 Å². The summed E-state index contributed by atoms with van der Waals surface area (Å²) in [5.41, 5.74) is 1.97. The van der Waals surface area contributed by atoms with Crippen LogP contribution in [-0.4, -0.2) is 22.4 Å². The van der Waals surface area contributed by atoms with Crippen LogP contribution >= 0.6 is 0 Å². The number of anilines is 1. The van der Waals surface area contributed by atoms with Crippen molar-refractivity contribution in [3.05, 3.63) is 17.6 Å². The molecule has 2 heterocycles. The molecule has 1 saturated carbocycles. The second kappa shape index (κ2) is 4.67. The van der Waals surface area contributed by atoms with Crippen LogP contribution in [0.15, 0.2) is 6.33 Å². The van der Waals surface area contributed by atoms with Crippen molar-refractivity contribution in [1.82, 2.24) is 9.97 Å². The molecule has 0 aromatic carbocycles. The van der Waals surface area contributed by atoms with Crippen molar-refractivity contribution in [3.63, 3.8) is 0 Å². The second-order valence-corrected chi connectivity index (χ2v) is 5.45. The maximum Gasteiger partial charge on any atom is 0.232 e. The summed E-state index contributed by atoms with van der Waals surface area (Å²) >= 11 is 0. The van der Waals surface area contributed by atoms with Crippen LogP contribution in [-0.2, 0) is 11.2 Å². The molecule has 1 aliphatic heterocycles. The first-order valence-corrected chi connectivity index (χ1v) is 6.86. The zero-order valence-corrected chi connectivity index (χ0v) is 10.9. The van der Waals surface area contributed by atoms with E-state index in [1.54, 1.807) is 6.33 Å². The molecule has 2 aliphatic rings. The van der Waals surface area contributed by atoms with Gasteiger partial charge < -0.3 is 0 Å². The van der Waals surface area contributed by atoms with Crippen molar-refractivity contribution in [2.45, 2.75) is 45.4 Å². The minimum absolute atomic E-state index is 0.194. The molecule has 1 amide bonds. The molecule has 1 aromatic heterocycles. The number of nitrogens with zero attached hydrogens (tertiary/aromatic N) is 3. The van der Waals surface area contributed by atoms with Crippen molar-refractivity contribution < 1.29 is 4.79 Å². The molecule has 0 radical (unpaired) electrons. The number of fused-ring (bicyclic) bond motifs is 1. The molecular formula is C14H19N3O. The summed E-state index contributed by atoms with van der Waals surface area (Å²) < 4.78 is 0. The monoisotopic (exact) mass is 245 g/mol. The van der Waals surface area contributed by atoms with Crippen LogP contribution in [0.2, 0.25) is 0 Å². The number of carbonyl (C=O) groups is 1. The fourth-order valence-corrected chi connectivity index (χ4v) is 3.11. The van der Waals surface area contributed by atoms with Crippen LogP contribution in [0.3, 0.4) is 0 Å². The first-order valence-electron chi connectivity index (χ1n) is 6.86. The molecule has 4 heteroatoms. The minimum atomic E-state index is 0.194. The summed E-state index contributed by atoms with van der Waals surface area (Å²) in [5, 5.41) is 0. The van der Waals surface area contributed by atoms with Crippen molar-refractivity contribution in [2.24, 2.45) is 5.92 Å². The van der Waals surface area contributed by atoms with Crippen molar-refractivity contribution >= 4 is 11.7 Å². The molecule has 0 spiro atoms. The highest BCUT2D eigenvalue weighted by Gasteiger charge is 2.32. The summed E-state index contributed by atoms with van der Waals surface area (Å²) in [4.78, 5) is 22.5. The lowest BCUT2D eigenvalue weighted by Crippen LogP contribution is -2.33. The first kappa shape index (κ1) is 11.6. The number of carbonyl (C=O) groups excluding carboxylic acids is 1. The van der Waals surface area contributed by atoms with E-state index in [0.717, 1.165) is 23.6 Å². The summed E-state index contributed by atoms with van der Waals surface area (Å²) in [6.45, 7) is 2.81. The lowest BCUT2D eigenvalue weighted by atomic mass is 9.89. The molecule has 4 nitrogen and oxygen atoms in total. The summed E-state index contributed by atoms with van der Waals surface area (Å²) in [7, 11) is 0. The Hall–Kier alpha value is -1.45. The van der Waals surface area contributed by atoms with E-state index < -0.39 is 0 Å². The van der Waals surface area contributed by atoms with E-state index in [1.807, 2.05) is 11.8 Å². The molecule has 0 unspecified atom stereocenters. The number of hydrogen-bond donors (Lipinski definition) is 0.